The molecule has 0 aliphatic carbocycles. The van der Waals surface area contributed by atoms with Crippen molar-refractivity contribution >= 4 is 40.9 Å². The van der Waals surface area contributed by atoms with Gasteiger partial charge >= 0.3 is 0 Å². The van der Waals surface area contributed by atoms with Gasteiger partial charge in [0, 0.05) is 12.2 Å². The SMILES string of the molecule is C=CCn1c(SCC(=O)Nc2ccc(F)cc2)nnc1[C@@H](C)NC(=O)c1ccccc1Cl. The van der Waals surface area contributed by atoms with Crippen molar-refractivity contribution in [2.75, 3.05) is 11.1 Å². The third-order valence-electron chi connectivity index (χ3n) is 4.37. The molecule has 0 spiro atoms. The van der Waals surface area contributed by atoms with Crippen LogP contribution < -0.4 is 10.6 Å². The molecule has 3 aromatic rings. The normalized spacial score (nSPS) is 11.6. The largest absolute Gasteiger partial charge is 0.342 e. The van der Waals surface area contributed by atoms with Gasteiger partial charge in [0.15, 0.2) is 11.0 Å². The molecule has 2 amide bonds. The molecule has 7 nitrogen and oxygen atoms in total. The maximum atomic E-state index is 13.0. The van der Waals surface area contributed by atoms with E-state index in [0.717, 1.165) is 0 Å². The average Bonchev–Trinajstić information content (AvgIpc) is 3.17. The van der Waals surface area contributed by atoms with E-state index in [4.69, 9.17) is 11.6 Å². The van der Waals surface area contributed by atoms with Crippen molar-refractivity contribution in [1.82, 2.24) is 20.1 Å². The summed E-state index contributed by atoms with van der Waals surface area (Å²) in [6.45, 7) is 5.94. The van der Waals surface area contributed by atoms with E-state index in [1.165, 1.54) is 36.0 Å². The third kappa shape index (κ3) is 5.95. The Hall–Kier alpha value is -3.17. The van der Waals surface area contributed by atoms with E-state index in [9.17, 15) is 14.0 Å². The van der Waals surface area contributed by atoms with Crippen LogP contribution in [0.25, 0.3) is 0 Å². The van der Waals surface area contributed by atoms with Crippen LogP contribution >= 0.6 is 23.4 Å². The van der Waals surface area contributed by atoms with Crippen LogP contribution in [0.15, 0.2) is 66.3 Å². The second-order valence-corrected chi connectivity index (χ2v) is 8.11. The lowest BCUT2D eigenvalue weighted by molar-refractivity contribution is -0.113. The number of rotatable bonds is 9. The molecule has 1 atom stereocenters. The minimum absolute atomic E-state index is 0.0764. The van der Waals surface area contributed by atoms with Crippen molar-refractivity contribution in [3.63, 3.8) is 0 Å². The molecule has 2 aromatic carbocycles. The average molecular weight is 474 g/mol. The molecular weight excluding hydrogens is 453 g/mol. The summed E-state index contributed by atoms with van der Waals surface area (Å²) in [7, 11) is 0. The van der Waals surface area contributed by atoms with Gasteiger partial charge in [0.25, 0.3) is 5.91 Å². The smallest absolute Gasteiger partial charge is 0.253 e. The summed E-state index contributed by atoms with van der Waals surface area (Å²) in [5.41, 5.74) is 0.865. The highest BCUT2D eigenvalue weighted by atomic mass is 35.5. The highest BCUT2D eigenvalue weighted by molar-refractivity contribution is 7.99. The van der Waals surface area contributed by atoms with Crippen LogP contribution in [-0.2, 0) is 11.3 Å². The van der Waals surface area contributed by atoms with E-state index >= 15 is 0 Å². The topological polar surface area (TPSA) is 88.9 Å². The second-order valence-electron chi connectivity index (χ2n) is 6.76. The number of nitrogens with zero attached hydrogens (tertiary/aromatic N) is 3. The number of halogens is 2. The summed E-state index contributed by atoms with van der Waals surface area (Å²) in [5.74, 6) is -0.377. The van der Waals surface area contributed by atoms with E-state index < -0.39 is 6.04 Å². The number of carbonyl (C=O) groups excluding carboxylic acids is 2. The molecule has 0 saturated carbocycles. The minimum Gasteiger partial charge on any atom is -0.342 e. The summed E-state index contributed by atoms with van der Waals surface area (Å²) < 4.78 is 14.8. The molecule has 3 rings (SSSR count). The molecule has 0 unspecified atom stereocenters. The number of nitrogens with one attached hydrogen (secondary N) is 2. The van der Waals surface area contributed by atoms with E-state index in [1.807, 2.05) is 0 Å². The highest BCUT2D eigenvalue weighted by Crippen LogP contribution is 2.22. The third-order valence-corrected chi connectivity index (χ3v) is 5.67. The van der Waals surface area contributed by atoms with Crippen LogP contribution in [0.2, 0.25) is 5.02 Å². The first kappa shape index (κ1) is 23.5. The van der Waals surface area contributed by atoms with Crippen molar-refractivity contribution in [2.45, 2.75) is 24.7 Å². The zero-order valence-corrected chi connectivity index (χ0v) is 18.8. The summed E-state index contributed by atoms with van der Waals surface area (Å²) in [6, 6.07) is 11.8. The molecule has 2 N–H and O–H groups in total. The Bertz CT molecular complexity index is 1120. The molecule has 0 radical (unpaired) electrons. The fourth-order valence-corrected chi connectivity index (χ4v) is 3.85. The van der Waals surface area contributed by atoms with E-state index in [0.29, 0.717) is 33.8 Å². The van der Waals surface area contributed by atoms with Crippen LogP contribution in [0, 0.1) is 5.82 Å². The first-order valence-electron chi connectivity index (χ1n) is 9.66. The predicted molar refractivity (Wildman–Crippen MR) is 123 cm³/mol. The zero-order chi connectivity index (χ0) is 23.1. The lowest BCUT2D eigenvalue weighted by Gasteiger charge is -2.15. The van der Waals surface area contributed by atoms with Gasteiger partial charge in [0.2, 0.25) is 5.91 Å². The van der Waals surface area contributed by atoms with Gasteiger partial charge in [0.05, 0.1) is 22.4 Å². The fourth-order valence-electron chi connectivity index (χ4n) is 2.87. The Morgan fingerprint density at radius 1 is 1.22 bits per heavy atom. The number of hydrogen-bond donors (Lipinski definition) is 2. The number of amides is 2. The van der Waals surface area contributed by atoms with E-state index in [1.54, 1.807) is 41.8 Å². The van der Waals surface area contributed by atoms with E-state index in [-0.39, 0.29) is 23.4 Å². The zero-order valence-electron chi connectivity index (χ0n) is 17.2. The molecule has 0 bridgehead atoms. The Morgan fingerprint density at radius 3 is 2.62 bits per heavy atom. The van der Waals surface area contributed by atoms with Gasteiger partial charge in [0.1, 0.15) is 5.82 Å². The number of thioether (sulfide) groups is 1. The highest BCUT2D eigenvalue weighted by Gasteiger charge is 2.21. The summed E-state index contributed by atoms with van der Waals surface area (Å²) >= 11 is 7.30. The van der Waals surface area contributed by atoms with Gasteiger partial charge in [-0.1, -0.05) is 41.6 Å². The van der Waals surface area contributed by atoms with Crippen LogP contribution in [-0.4, -0.2) is 32.3 Å². The Labute approximate surface area is 194 Å². The van der Waals surface area contributed by atoms with Crippen molar-refractivity contribution in [3.05, 3.63) is 83.4 Å². The summed E-state index contributed by atoms with van der Waals surface area (Å²) in [6.07, 6.45) is 1.68. The van der Waals surface area contributed by atoms with Gasteiger partial charge in [-0.05, 0) is 43.3 Å². The van der Waals surface area contributed by atoms with Gasteiger partial charge in [-0.15, -0.1) is 16.8 Å². The van der Waals surface area contributed by atoms with Crippen LogP contribution in [0.3, 0.4) is 0 Å². The molecule has 0 aliphatic heterocycles. The van der Waals surface area contributed by atoms with Gasteiger partial charge in [-0.3, -0.25) is 9.59 Å². The van der Waals surface area contributed by atoms with Crippen molar-refractivity contribution in [3.8, 4) is 0 Å². The molecule has 0 fully saturated rings. The quantitative estimate of drug-likeness (QED) is 0.353. The number of allylic oxidation sites excluding steroid dienone is 1. The van der Waals surface area contributed by atoms with Gasteiger partial charge in [-0.2, -0.15) is 0 Å². The number of carbonyl (C=O) groups is 2. The standard InChI is InChI=1S/C22H21ClFN5O2S/c1-3-12-29-20(14(2)25-21(31)17-6-4-5-7-18(17)23)27-28-22(29)32-13-19(30)26-16-10-8-15(24)9-11-16/h3-11,14H,1,12-13H2,2H3,(H,25,31)(H,26,30)/t14-/m1/s1. The predicted octanol–water partition coefficient (Wildman–Crippen LogP) is 4.48. The number of anilines is 1. The minimum atomic E-state index is -0.464. The summed E-state index contributed by atoms with van der Waals surface area (Å²) in [5, 5.41) is 14.8. The maximum absolute atomic E-state index is 13.0. The van der Waals surface area contributed by atoms with Crippen LogP contribution in [0.1, 0.15) is 29.1 Å². The van der Waals surface area contributed by atoms with Gasteiger partial charge < -0.3 is 15.2 Å². The molecule has 1 heterocycles. The van der Waals surface area contributed by atoms with Gasteiger partial charge in [-0.25, -0.2) is 4.39 Å². The number of benzene rings is 2. The van der Waals surface area contributed by atoms with E-state index in [2.05, 4.69) is 27.4 Å². The summed E-state index contributed by atoms with van der Waals surface area (Å²) in [4.78, 5) is 24.8. The molecule has 166 valence electrons. The van der Waals surface area contributed by atoms with Crippen LogP contribution in [0.5, 0.6) is 0 Å². The van der Waals surface area contributed by atoms with Crippen LogP contribution in [0.4, 0.5) is 10.1 Å². The molecule has 1 aromatic heterocycles. The second kappa shape index (κ2) is 10.9. The van der Waals surface area contributed by atoms with Crippen molar-refractivity contribution in [1.29, 1.82) is 0 Å². The molecule has 0 saturated heterocycles. The van der Waals surface area contributed by atoms with Crippen molar-refractivity contribution in [2.24, 2.45) is 0 Å². The monoisotopic (exact) mass is 473 g/mol. The molecular formula is C22H21ClFN5O2S. The molecule has 0 aliphatic rings. The lowest BCUT2D eigenvalue weighted by atomic mass is 10.2. The molecule has 32 heavy (non-hydrogen) atoms. The first-order valence-corrected chi connectivity index (χ1v) is 11.0. The molecule has 10 heteroatoms. The first-order chi connectivity index (χ1) is 15.4. The Kier molecular flexibility index (Phi) is 8.02. The van der Waals surface area contributed by atoms with Crippen molar-refractivity contribution < 1.29 is 14.0 Å². The number of aromatic nitrogens is 3. The fraction of sp³-hybridized carbons (Fsp3) is 0.182. The maximum Gasteiger partial charge on any atom is 0.253 e. The Balaban J connectivity index is 1.67. The lowest BCUT2D eigenvalue weighted by Crippen LogP contribution is -2.29. The Morgan fingerprint density at radius 2 is 1.94 bits per heavy atom. The number of hydrogen-bond acceptors (Lipinski definition) is 5.